The van der Waals surface area contributed by atoms with Crippen LogP contribution < -0.4 is 4.74 Å². The van der Waals surface area contributed by atoms with E-state index in [2.05, 4.69) is 29.3 Å². The van der Waals surface area contributed by atoms with Crippen LogP contribution in [0.2, 0.25) is 25.7 Å². The molecule has 1 aromatic rings. The molecule has 0 unspecified atom stereocenters. The highest BCUT2D eigenvalue weighted by molar-refractivity contribution is 6.76. The second-order valence-electron chi connectivity index (χ2n) is 4.67. The Morgan fingerprint density at radius 2 is 2.25 bits per heavy atom. The Morgan fingerprint density at radius 1 is 1.50 bits per heavy atom. The van der Waals surface area contributed by atoms with Crippen LogP contribution in [0, 0.1) is 0 Å². The molecule has 1 heterocycles. The van der Waals surface area contributed by atoms with Crippen LogP contribution in [0.5, 0.6) is 5.88 Å². The zero-order chi connectivity index (χ0) is 12.0. The van der Waals surface area contributed by atoms with Crippen LogP contribution in [0.4, 0.5) is 0 Å². The smallest absolute Gasteiger partial charge is 0.256 e. The fraction of sp³-hybridized carbons (Fsp3) is 0.600. The van der Waals surface area contributed by atoms with Gasteiger partial charge in [-0.25, -0.2) is 0 Å². The lowest BCUT2D eigenvalue weighted by atomic mass is 10.5. The maximum atomic E-state index is 10.3. The van der Waals surface area contributed by atoms with Crippen LogP contribution in [0.25, 0.3) is 0 Å². The molecule has 0 atom stereocenters. The van der Waals surface area contributed by atoms with Gasteiger partial charge in [-0.15, -0.1) is 0 Å². The molecule has 0 aliphatic heterocycles. The molecule has 0 aliphatic carbocycles. The number of rotatable bonds is 7. The molecular weight excluding hydrogens is 226 g/mol. The van der Waals surface area contributed by atoms with E-state index in [1.54, 1.807) is 0 Å². The van der Waals surface area contributed by atoms with Crippen LogP contribution in [-0.2, 0) is 4.74 Å². The summed E-state index contributed by atoms with van der Waals surface area (Å²) in [6.45, 7) is 7.67. The number of hydrogen-bond acceptors (Lipinski definition) is 5. The molecule has 1 aromatic heterocycles. The molecule has 0 bridgehead atoms. The summed E-state index contributed by atoms with van der Waals surface area (Å²) in [4.78, 5) is 10.3. The highest BCUT2D eigenvalue weighted by Crippen LogP contribution is 2.10. The summed E-state index contributed by atoms with van der Waals surface area (Å²) in [6.07, 6.45) is 0.575. The summed E-state index contributed by atoms with van der Waals surface area (Å²) in [5.74, 6) is 0.423. The van der Waals surface area contributed by atoms with E-state index in [0.29, 0.717) is 12.9 Å². The lowest BCUT2D eigenvalue weighted by molar-refractivity contribution is 0.0174. The molecule has 0 amide bonds. The van der Waals surface area contributed by atoms with Crippen molar-refractivity contribution >= 4 is 14.4 Å². The van der Waals surface area contributed by atoms with Crippen LogP contribution in [0.15, 0.2) is 10.6 Å². The van der Waals surface area contributed by atoms with E-state index >= 15 is 0 Å². The van der Waals surface area contributed by atoms with E-state index in [0.717, 1.165) is 6.04 Å². The number of ether oxygens (including phenoxy) is 2. The molecule has 0 radical (unpaired) electrons. The van der Waals surface area contributed by atoms with Gasteiger partial charge in [0.2, 0.25) is 5.76 Å². The maximum absolute atomic E-state index is 10.3. The molecule has 0 aromatic carbocycles. The molecule has 0 fully saturated rings. The van der Waals surface area contributed by atoms with Gasteiger partial charge in [-0.1, -0.05) is 19.6 Å². The van der Waals surface area contributed by atoms with Crippen molar-refractivity contribution in [2.24, 2.45) is 0 Å². The Kier molecular flexibility index (Phi) is 4.69. The van der Waals surface area contributed by atoms with Crippen molar-refractivity contribution in [1.82, 2.24) is 5.16 Å². The summed E-state index contributed by atoms with van der Waals surface area (Å²) in [5.41, 5.74) is 0. The van der Waals surface area contributed by atoms with E-state index in [9.17, 15) is 4.79 Å². The van der Waals surface area contributed by atoms with Gasteiger partial charge in [0.15, 0.2) is 13.1 Å². The molecule has 5 nitrogen and oxygen atoms in total. The topological polar surface area (TPSA) is 61.6 Å². The molecule has 0 saturated heterocycles. The highest BCUT2D eigenvalue weighted by Gasteiger charge is 2.12. The van der Waals surface area contributed by atoms with E-state index in [-0.39, 0.29) is 18.4 Å². The quantitative estimate of drug-likeness (QED) is 0.318. The minimum absolute atomic E-state index is 0.134. The van der Waals surface area contributed by atoms with Crippen molar-refractivity contribution in [3.8, 4) is 5.88 Å². The van der Waals surface area contributed by atoms with Crippen molar-refractivity contribution in [2.75, 3.05) is 13.4 Å². The van der Waals surface area contributed by atoms with Crippen LogP contribution in [0.3, 0.4) is 0 Å². The monoisotopic (exact) mass is 243 g/mol. The minimum atomic E-state index is -1.05. The molecule has 90 valence electrons. The molecule has 6 heteroatoms. The molecule has 0 spiro atoms. The predicted molar refractivity (Wildman–Crippen MR) is 61.5 cm³/mol. The highest BCUT2D eigenvalue weighted by atomic mass is 28.3. The van der Waals surface area contributed by atoms with E-state index in [4.69, 9.17) is 9.47 Å². The van der Waals surface area contributed by atoms with Crippen LogP contribution in [-0.4, -0.2) is 32.9 Å². The molecule has 0 saturated carbocycles. The standard InChI is InChI=1S/C10H17NO4Si/c1-16(2,3)5-4-13-8-14-10-6-9(7-12)15-11-10/h6-7H,4-5,8H2,1-3H3. The zero-order valence-electron chi connectivity index (χ0n) is 9.86. The first kappa shape index (κ1) is 12.9. The summed E-state index contributed by atoms with van der Waals surface area (Å²) >= 11 is 0. The van der Waals surface area contributed by atoms with Gasteiger partial charge < -0.3 is 14.0 Å². The Hall–Kier alpha value is -1.14. The molecule has 16 heavy (non-hydrogen) atoms. The van der Waals surface area contributed by atoms with Crippen molar-refractivity contribution in [3.05, 3.63) is 11.8 Å². The SMILES string of the molecule is C[Si](C)(C)CCOCOc1cc(C=O)on1. The fourth-order valence-electron chi connectivity index (χ4n) is 0.935. The summed E-state index contributed by atoms with van der Waals surface area (Å²) < 4.78 is 15.1. The van der Waals surface area contributed by atoms with E-state index < -0.39 is 8.07 Å². The first-order chi connectivity index (χ1) is 7.51. The number of carbonyl (C=O) groups is 1. The van der Waals surface area contributed by atoms with Crippen LogP contribution in [0.1, 0.15) is 10.6 Å². The van der Waals surface area contributed by atoms with Gasteiger partial charge in [-0.2, -0.15) is 0 Å². The van der Waals surface area contributed by atoms with Gasteiger partial charge in [0, 0.05) is 14.7 Å². The maximum Gasteiger partial charge on any atom is 0.256 e. The van der Waals surface area contributed by atoms with Gasteiger partial charge in [0.05, 0.1) is 6.07 Å². The third-order valence-corrected chi connectivity index (χ3v) is 3.61. The number of carbonyl (C=O) groups excluding carboxylic acids is 1. The Labute approximate surface area is 95.7 Å². The lowest BCUT2D eigenvalue weighted by Gasteiger charge is -2.14. The average molecular weight is 243 g/mol. The Morgan fingerprint density at radius 3 is 2.81 bits per heavy atom. The van der Waals surface area contributed by atoms with Gasteiger partial charge in [0.25, 0.3) is 5.88 Å². The normalized spacial score (nSPS) is 11.4. The summed E-state index contributed by atoms with van der Waals surface area (Å²) in [5, 5.41) is 3.53. The largest absolute Gasteiger partial charge is 0.448 e. The first-order valence-electron chi connectivity index (χ1n) is 5.14. The third kappa shape index (κ3) is 5.08. The van der Waals surface area contributed by atoms with Gasteiger partial charge >= 0.3 is 0 Å². The van der Waals surface area contributed by atoms with Crippen LogP contribution >= 0.6 is 0 Å². The second kappa shape index (κ2) is 5.81. The number of nitrogens with zero attached hydrogens (tertiary/aromatic N) is 1. The summed E-state index contributed by atoms with van der Waals surface area (Å²) in [7, 11) is -1.05. The predicted octanol–water partition coefficient (Wildman–Crippen LogP) is 2.18. The molecular formula is C10H17NO4Si. The second-order valence-corrected chi connectivity index (χ2v) is 10.3. The number of aromatic nitrogens is 1. The fourth-order valence-corrected chi connectivity index (χ4v) is 1.69. The summed E-state index contributed by atoms with van der Waals surface area (Å²) in [6, 6.07) is 2.52. The number of hydrogen-bond donors (Lipinski definition) is 0. The number of aldehydes is 1. The van der Waals surface area contributed by atoms with Gasteiger partial charge in [0.1, 0.15) is 0 Å². The first-order valence-corrected chi connectivity index (χ1v) is 8.84. The van der Waals surface area contributed by atoms with Gasteiger partial charge in [-0.05, 0) is 11.2 Å². The molecule has 1 rings (SSSR count). The van der Waals surface area contributed by atoms with Crippen molar-refractivity contribution in [2.45, 2.75) is 25.7 Å². The Bertz CT molecular complexity index is 332. The van der Waals surface area contributed by atoms with E-state index in [1.807, 2.05) is 0 Å². The minimum Gasteiger partial charge on any atom is -0.448 e. The Balaban J connectivity index is 2.14. The van der Waals surface area contributed by atoms with Crippen molar-refractivity contribution < 1.29 is 18.8 Å². The lowest BCUT2D eigenvalue weighted by Crippen LogP contribution is -2.22. The van der Waals surface area contributed by atoms with Crippen molar-refractivity contribution in [1.29, 1.82) is 0 Å². The molecule has 0 aliphatic rings. The van der Waals surface area contributed by atoms with E-state index in [1.165, 1.54) is 6.07 Å². The molecule has 0 N–H and O–H groups in total. The van der Waals surface area contributed by atoms with Gasteiger partial charge in [-0.3, -0.25) is 4.79 Å². The van der Waals surface area contributed by atoms with Crippen molar-refractivity contribution in [3.63, 3.8) is 0 Å². The third-order valence-electron chi connectivity index (χ3n) is 1.91. The zero-order valence-corrected chi connectivity index (χ0v) is 10.9. The average Bonchev–Trinajstić information content (AvgIpc) is 2.63.